The molecule has 0 aliphatic carbocycles. The van der Waals surface area contributed by atoms with Crippen molar-refractivity contribution >= 4 is 23.1 Å². The van der Waals surface area contributed by atoms with E-state index < -0.39 is 0 Å². The summed E-state index contributed by atoms with van der Waals surface area (Å²) in [5, 5.41) is 3.96. The second-order valence-corrected chi connectivity index (χ2v) is 5.19. The van der Waals surface area contributed by atoms with Gasteiger partial charge in [-0.15, -0.1) is 0 Å². The average molecular weight is 288 g/mol. The van der Waals surface area contributed by atoms with Gasteiger partial charge in [0.25, 0.3) is 0 Å². The summed E-state index contributed by atoms with van der Waals surface area (Å²) in [6, 6.07) is 13.0. The lowest BCUT2D eigenvalue weighted by Crippen LogP contribution is -2.23. The molecule has 3 rings (SSSR count). The zero-order valence-electron chi connectivity index (χ0n) is 11.0. The third-order valence-electron chi connectivity index (χ3n) is 3.52. The van der Waals surface area contributed by atoms with Gasteiger partial charge >= 0.3 is 0 Å². The lowest BCUT2D eigenvalue weighted by atomic mass is 9.92. The molecule has 3 nitrogen and oxygen atoms in total. The molecule has 2 aromatic rings. The van der Waals surface area contributed by atoms with Crippen molar-refractivity contribution in [2.75, 3.05) is 12.4 Å². The molecule has 0 fully saturated rings. The van der Waals surface area contributed by atoms with Crippen LogP contribution >= 0.6 is 11.6 Å². The number of para-hydroxylation sites is 1. The van der Waals surface area contributed by atoms with Gasteiger partial charge in [-0.05, 0) is 24.3 Å². The summed E-state index contributed by atoms with van der Waals surface area (Å²) in [5.74, 6) is 0.882. The van der Waals surface area contributed by atoms with Crippen LogP contribution in [0, 0.1) is 0 Å². The molecule has 0 aromatic heterocycles. The largest absolute Gasteiger partial charge is 0.496 e. The number of ether oxygens (including phenoxy) is 1. The fraction of sp³-hybridized carbons (Fsp3) is 0.188. The van der Waals surface area contributed by atoms with Crippen molar-refractivity contribution in [2.24, 2.45) is 0 Å². The van der Waals surface area contributed by atoms with Crippen LogP contribution in [0.4, 0.5) is 5.69 Å². The average Bonchev–Trinajstić information content (AvgIpc) is 2.47. The third kappa shape index (κ3) is 2.25. The Balaban J connectivity index is 1.99. The molecule has 0 bridgehead atoms. The van der Waals surface area contributed by atoms with Gasteiger partial charge < -0.3 is 10.1 Å². The standard InChI is InChI=1S/C16H14ClNO2/c1-20-16-5-3-2-4-11(16)14-9-15(19)12-8-10(17)6-7-13(12)18-14/h2-8,14,18H,9H2,1H3. The molecular weight excluding hydrogens is 274 g/mol. The maximum atomic E-state index is 12.3. The fourth-order valence-corrected chi connectivity index (χ4v) is 2.72. The Labute approximate surface area is 122 Å². The summed E-state index contributed by atoms with van der Waals surface area (Å²) < 4.78 is 5.37. The molecule has 1 atom stereocenters. The van der Waals surface area contributed by atoms with Gasteiger partial charge in [0, 0.05) is 28.3 Å². The van der Waals surface area contributed by atoms with Gasteiger partial charge in [0.05, 0.1) is 13.2 Å². The van der Waals surface area contributed by atoms with E-state index in [4.69, 9.17) is 16.3 Å². The van der Waals surface area contributed by atoms with Gasteiger partial charge in [-0.2, -0.15) is 0 Å². The molecule has 0 saturated heterocycles. The summed E-state index contributed by atoms with van der Waals surface area (Å²) in [6.45, 7) is 0. The van der Waals surface area contributed by atoms with Crippen LogP contribution in [0.15, 0.2) is 42.5 Å². The first-order valence-corrected chi connectivity index (χ1v) is 6.79. The topological polar surface area (TPSA) is 38.3 Å². The highest BCUT2D eigenvalue weighted by molar-refractivity contribution is 6.31. The van der Waals surface area contributed by atoms with E-state index in [0.29, 0.717) is 17.0 Å². The zero-order chi connectivity index (χ0) is 14.1. The number of anilines is 1. The van der Waals surface area contributed by atoms with Crippen LogP contribution in [0.3, 0.4) is 0 Å². The predicted octanol–water partition coefficient (Wildman–Crippen LogP) is 4.09. The summed E-state index contributed by atoms with van der Waals surface area (Å²) in [5.41, 5.74) is 2.47. The Morgan fingerprint density at radius 1 is 1.25 bits per heavy atom. The van der Waals surface area contributed by atoms with E-state index >= 15 is 0 Å². The number of Topliss-reactive ketones (excluding diaryl/α,β-unsaturated/α-hetero) is 1. The smallest absolute Gasteiger partial charge is 0.167 e. The van der Waals surface area contributed by atoms with Gasteiger partial charge in [0.15, 0.2) is 5.78 Å². The maximum Gasteiger partial charge on any atom is 0.167 e. The molecule has 1 aliphatic heterocycles. The number of hydrogen-bond acceptors (Lipinski definition) is 3. The van der Waals surface area contributed by atoms with Crippen molar-refractivity contribution < 1.29 is 9.53 Å². The van der Waals surface area contributed by atoms with Crippen molar-refractivity contribution in [3.8, 4) is 5.75 Å². The molecule has 0 amide bonds. The molecule has 102 valence electrons. The van der Waals surface area contributed by atoms with Crippen molar-refractivity contribution in [3.05, 3.63) is 58.6 Å². The number of ketones is 1. The minimum Gasteiger partial charge on any atom is -0.496 e. The molecule has 2 aromatic carbocycles. The molecule has 1 aliphatic rings. The first kappa shape index (κ1) is 13.0. The number of nitrogens with one attached hydrogen (secondary N) is 1. The molecule has 0 spiro atoms. The van der Waals surface area contributed by atoms with Gasteiger partial charge in [0.2, 0.25) is 0 Å². The molecule has 1 unspecified atom stereocenters. The van der Waals surface area contributed by atoms with E-state index in [0.717, 1.165) is 17.0 Å². The van der Waals surface area contributed by atoms with Crippen LogP contribution < -0.4 is 10.1 Å². The van der Waals surface area contributed by atoms with E-state index in [2.05, 4.69) is 5.32 Å². The Morgan fingerprint density at radius 2 is 2.05 bits per heavy atom. The number of carbonyl (C=O) groups excluding carboxylic acids is 1. The minimum absolute atomic E-state index is 0.0766. The van der Waals surface area contributed by atoms with Crippen LogP contribution in [0.1, 0.15) is 28.4 Å². The van der Waals surface area contributed by atoms with Gasteiger partial charge in [0.1, 0.15) is 5.75 Å². The van der Waals surface area contributed by atoms with Crippen molar-refractivity contribution in [1.82, 2.24) is 0 Å². The highest BCUT2D eigenvalue weighted by Gasteiger charge is 2.27. The molecule has 1 N–H and O–H groups in total. The van der Waals surface area contributed by atoms with Crippen molar-refractivity contribution in [3.63, 3.8) is 0 Å². The van der Waals surface area contributed by atoms with E-state index in [9.17, 15) is 4.79 Å². The summed E-state index contributed by atoms with van der Waals surface area (Å²) in [6.07, 6.45) is 0.397. The fourth-order valence-electron chi connectivity index (χ4n) is 2.55. The molecule has 20 heavy (non-hydrogen) atoms. The number of benzene rings is 2. The van der Waals surface area contributed by atoms with E-state index in [1.54, 1.807) is 19.2 Å². The lowest BCUT2D eigenvalue weighted by Gasteiger charge is -2.27. The van der Waals surface area contributed by atoms with Crippen LogP contribution in [0.25, 0.3) is 0 Å². The highest BCUT2D eigenvalue weighted by atomic mass is 35.5. The predicted molar refractivity (Wildman–Crippen MR) is 79.8 cm³/mol. The van der Waals surface area contributed by atoms with Crippen LogP contribution in [-0.4, -0.2) is 12.9 Å². The number of halogens is 1. The SMILES string of the molecule is COc1ccccc1C1CC(=O)c2cc(Cl)ccc2N1. The minimum atomic E-state index is -0.0766. The quantitative estimate of drug-likeness (QED) is 0.904. The number of hydrogen-bond donors (Lipinski definition) is 1. The number of carbonyl (C=O) groups is 1. The van der Waals surface area contributed by atoms with Crippen LogP contribution in [0.2, 0.25) is 5.02 Å². The summed E-state index contributed by atoms with van der Waals surface area (Å²) >= 11 is 5.94. The molecule has 0 radical (unpaired) electrons. The maximum absolute atomic E-state index is 12.3. The summed E-state index contributed by atoms with van der Waals surface area (Å²) in [7, 11) is 1.64. The number of methoxy groups -OCH3 is 1. The first-order valence-electron chi connectivity index (χ1n) is 6.41. The van der Waals surface area contributed by atoms with Crippen molar-refractivity contribution in [2.45, 2.75) is 12.5 Å². The van der Waals surface area contributed by atoms with Gasteiger partial charge in [-0.25, -0.2) is 0 Å². The molecule has 0 saturated carbocycles. The van der Waals surface area contributed by atoms with Crippen molar-refractivity contribution in [1.29, 1.82) is 0 Å². The third-order valence-corrected chi connectivity index (χ3v) is 3.75. The number of rotatable bonds is 2. The van der Waals surface area contributed by atoms with Crippen LogP contribution in [0.5, 0.6) is 5.75 Å². The lowest BCUT2D eigenvalue weighted by molar-refractivity contribution is 0.0972. The van der Waals surface area contributed by atoms with E-state index in [-0.39, 0.29) is 11.8 Å². The Morgan fingerprint density at radius 3 is 2.85 bits per heavy atom. The first-order chi connectivity index (χ1) is 9.69. The number of fused-ring (bicyclic) bond motifs is 1. The van der Waals surface area contributed by atoms with E-state index in [1.165, 1.54) is 0 Å². The Bertz CT molecular complexity index is 669. The normalized spacial score (nSPS) is 17.3. The Hall–Kier alpha value is -2.00. The Kier molecular flexibility index (Phi) is 3.36. The molecule has 4 heteroatoms. The van der Waals surface area contributed by atoms with E-state index in [1.807, 2.05) is 30.3 Å². The molecular formula is C16H14ClNO2. The summed E-state index contributed by atoms with van der Waals surface area (Å²) in [4.78, 5) is 12.3. The second-order valence-electron chi connectivity index (χ2n) is 4.76. The zero-order valence-corrected chi connectivity index (χ0v) is 11.8. The monoisotopic (exact) mass is 287 g/mol. The second kappa shape index (κ2) is 5.17. The van der Waals surface area contributed by atoms with Gasteiger partial charge in [-0.3, -0.25) is 4.79 Å². The molecule has 1 heterocycles. The highest BCUT2D eigenvalue weighted by Crippen LogP contribution is 2.37. The van der Waals surface area contributed by atoms with Crippen LogP contribution in [-0.2, 0) is 0 Å². The van der Waals surface area contributed by atoms with Gasteiger partial charge in [-0.1, -0.05) is 29.8 Å².